The molecule has 0 saturated heterocycles. The Labute approximate surface area is 213 Å². The number of carbonyl (C=O) groups excluding carboxylic acids is 1. The normalized spacial score (nSPS) is 12.5. The first-order chi connectivity index (χ1) is 17.0. The van der Waals surface area contributed by atoms with Crippen molar-refractivity contribution in [3.63, 3.8) is 0 Å². The second-order valence-electron chi connectivity index (χ2n) is 8.12. The predicted octanol–water partition coefficient (Wildman–Crippen LogP) is 5.84. The SMILES string of the molecule is CCOC(=O)C(C)P(=NP(=S)(c1ccccc1)c1ccccc1)(c1ccccc1)c1ccccc1. The zero-order valence-electron chi connectivity index (χ0n) is 19.9. The van der Waals surface area contributed by atoms with Gasteiger partial charge >= 0.3 is 5.97 Å². The van der Waals surface area contributed by atoms with Crippen LogP contribution in [0.2, 0.25) is 0 Å². The third-order valence-electron chi connectivity index (χ3n) is 5.97. The van der Waals surface area contributed by atoms with Gasteiger partial charge in [0.15, 0.2) is 0 Å². The molecule has 1 unspecified atom stereocenters. The number of esters is 1. The highest BCUT2D eigenvalue weighted by Crippen LogP contribution is 2.62. The molecule has 0 heterocycles. The second kappa shape index (κ2) is 11.3. The standard InChI is InChI=1S/C29H29NO2P2S/c1-3-32-29(31)24(2)33(25-16-8-4-9-17-25,26-18-10-5-11-19-26)30-34(35,27-20-12-6-13-21-27)28-22-14-7-15-23-28/h4-24H,3H2,1-2H3. The molecule has 3 nitrogen and oxygen atoms in total. The van der Waals surface area contributed by atoms with E-state index >= 15 is 0 Å². The van der Waals surface area contributed by atoms with E-state index in [1.54, 1.807) is 0 Å². The maximum Gasteiger partial charge on any atom is 0.315 e. The fourth-order valence-corrected chi connectivity index (χ4v) is 14.1. The maximum absolute atomic E-state index is 13.4. The molecule has 0 aliphatic heterocycles. The predicted molar refractivity (Wildman–Crippen MR) is 154 cm³/mol. The monoisotopic (exact) mass is 517 g/mol. The number of hydrogen-bond acceptors (Lipinski definition) is 3. The molecule has 0 fully saturated rings. The summed E-state index contributed by atoms with van der Waals surface area (Å²) in [7, 11) is -2.73. The van der Waals surface area contributed by atoms with Crippen LogP contribution in [0.5, 0.6) is 0 Å². The highest BCUT2D eigenvalue weighted by Gasteiger charge is 2.39. The highest BCUT2D eigenvalue weighted by molar-refractivity contribution is 8.22. The maximum atomic E-state index is 13.4. The highest BCUT2D eigenvalue weighted by atomic mass is 32.4. The summed E-state index contributed by atoms with van der Waals surface area (Å²) in [5.74, 6) is -0.250. The largest absolute Gasteiger partial charge is 0.465 e. The van der Waals surface area contributed by atoms with Crippen LogP contribution < -0.4 is 21.2 Å². The van der Waals surface area contributed by atoms with E-state index in [9.17, 15) is 4.79 Å². The lowest BCUT2D eigenvalue weighted by atomic mass is 10.4. The van der Waals surface area contributed by atoms with Crippen LogP contribution >= 0.6 is 13.2 Å². The molecule has 35 heavy (non-hydrogen) atoms. The van der Waals surface area contributed by atoms with Gasteiger partial charge in [-0.1, -0.05) is 133 Å². The number of hydrogen-bond donors (Lipinski definition) is 0. The Bertz CT molecular complexity index is 1270. The topological polar surface area (TPSA) is 38.7 Å². The summed E-state index contributed by atoms with van der Waals surface area (Å²) in [5.41, 5.74) is -0.498. The first-order valence-electron chi connectivity index (χ1n) is 11.6. The van der Waals surface area contributed by atoms with E-state index in [1.807, 2.05) is 86.6 Å². The molecular formula is C29H29NO2P2S. The number of benzene rings is 4. The van der Waals surface area contributed by atoms with E-state index in [4.69, 9.17) is 21.1 Å². The van der Waals surface area contributed by atoms with Crippen molar-refractivity contribution in [3.05, 3.63) is 121 Å². The number of rotatable bonds is 8. The molecule has 0 spiro atoms. The summed E-state index contributed by atoms with van der Waals surface area (Å²) in [4.78, 5) is 13.4. The molecule has 4 rings (SSSR count). The molecular weight excluding hydrogens is 488 g/mol. The van der Waals surface area contributed by atoms with Gasteiger partial charge in [-0.3, -0.25) is 9.31 Å². The van der Waals surface area contributed by atoms with Gasteiger partial charge in [-0.15, -0.1) is 0 Å². The average Bonchev–Trinajstić information content (AvgIpc) is 2.93. The van der Waals surface area contributed by atoms with Crippen LogP contribution in [-0.4, -0.2) is 18.2 Å². The minimum atomic E-state index is -2.73. The van der Waals surface area contributed by atoms with Gasteiger partial charge in [0.05, 0.1) is 12.3 Å². The quantitative estimate of drug-likeness (QED) is 0.218. The van der Waals surface area contributed by atoms with E-state index in [2.05, 4.69) is 48.5 Å². The molecule has 4 aromatic rings. The zero-order chi connectivity index (χ0) is 24.7. The minimum Gasteiger partial charge on any atom is -0.465 e. The van der Waals surface area contributed by atoms with E-state index in [0.717, 1.165) is 21.2 Å². The Morgan fingerprint density at radius 1 is 0.714 bits per heavy atom. The third kappa shape index (κ3) is 5.11. The van der Waals surface area contributed by atoms with Gasteiger partial charge in [-0.05, 0) is 24.5 Å². The Morgan fingerprint density at radius 2 is 1.06 bits per heavy atom. The molecule has 0 aliphatic rings. The van der Waals surface area contributed by atoms with Crippen molar-refractivity contribution in [1.29, 1.82) is 0 Å². The van der Waals surface area contributed by atoms with Crippen molar-refractivity contribution < 1.29 is 9.53 Å². The van der Waals surface area contributed by atoms with Gasteiger partial charge in [-0.2, -0.15) is 0 Å². The first kappa shape index (κ1) is 25.3. The summed E-state index contributed by atoms with van der Waals surface area (Å²) in [6.45, 7) is 4.11. The van der Waals surface area contributed by atoms with Crippen molar-refractivity contribution in [1.82, 2.24) is 0 Å². The van der Waals surface area contributed by atoms with Crippen LogP contribution in [0.15, 0.2) is 126 Å². The van der Waals surface area contributed by atoms with Crippen LogP contribution in [0, 0.1) is 0 Å². The number of ether oxygens (including phenoxy) is 1. The van der Waals surface area contributed by atoms with E-state index in [-0.39, 0.29) is 5.97 Å². The second-order valence-corrected chi connectivity index (χ2v) is 15.8. The molecule has 0 aliphatic carbocycles. The van der Waals surface area contributed by atoms with Crippen molar-refractivity contribution >= 4 is 52.2 Å². The molecule has 4 aromatic carbocycles. The molecule has 0 bridgehead atoms. The van der Waals surface area contributed by atoms with Gasteiger partial charge in [0, 0.05) is 17.7 Å². The number of nitrogens with zero attached hydrogens (tertiary/aromatic N) is 1. The minimum absolute atomic E-state index is 0.250. The van der Waals surface area contributed by atoms with Crippen molar-refractivity contribution in [3.8, 4) is 0 Å². The summed E-state index contributed by atoms with van der Waals surface area (Å²) in [5, 5.41) is 4.06. The van der Waals surface area contributed by atoms with Gasteiger partial charge < -0.3 is 4.74 Å². The molecule has 1 atom stereocenters. The van der Waals surface area contributed by atoms with Crippen LogP contribution in [0.25, 0.3) is 0 Å². The number of carbonyl (C=O) groups is 1. The van der Waals surface area contributed by atoms with Gasteiger partial charge in [0.1, 0.15) is 6.19 Å². The van der Waals surface area contributed by atoms with Crippen LogP contribution in [0.3, 0.4) is 0 Å². The van der Waals surface area contributed by atoms with Crippen molar-refractivity contribution in [2.24, 2.45) is 4.52 Å². The third-order valence-corrected chi connectivity index (χ3v) is 15.5. The Kier molecular flexibility index (Phi) is 8.19. The summed E-state index contributed by atoms with van der Waals surface area (Å²) < 4.78 is 11.3. The van der Waals surface area contributed by atoms with Crippen LogP contribution in [0.1, 0.15) is 13.8 Å². The Hall–Kier alpha value is -2.77. The first-order valence-corrected chi connectivity index (χ1v) is 16.2. The molecule has 0 saturated carbocycles. The summed E-state index contributed by atoms with van der Waals surface area (Å²) >= 11 is 6.57. The lowest BCUT2D eigenvalue weighted by molar-refractivity contribution is -0.142. The van der Waals surface area contributed by atoms with Gasteiger partial charge in [0.25, 0.3) is 0 Å². The lowest BCUT2D eigenvalue weighted by Crippen LogP contribution is -2.32. The average molecular weight is 518 g/mol. The molecule has 0 radical (unpaired) electrons. The molecule has 0 amide bonds. The van der Waals surface area contributed by atoms with Crippen molar-refractivity contribution in [2.75, 3.05) is 6.61 Å². The van der Waals surface area contributed by atoms with Gasteiger partial charge in [0.2, 0.25) is 0 Å². The molecule has 6 heteroatoms. The van der Waals surface area contributed by atoms with Crippen LogP contribution in [-0.2, 0) is 21.3 Å². The zero-order valence-corrected chi connectivity index (χ0v) is 22.5. The molecule has 0 N–H and O–H groups in total. The molecule has 0 aromatic heterocycles. The van der Waals surface area contributed by atoms with Gasteiger partial charge in [-0.25, -0.2) is 0 Å². The van der Waals surface area contributed by atoms with Crippen LogP contribution in [0.4, 0.5) is 0 Å². The smallest absolute Gasteiger partial charge is 0.315 e. The Morgan fingerprint density at radius 3 is 1.40 bits per heavy atom. The fourth-order valence-electron chi connectivity index (χ4n) is 4.21. The molecule has 178 valence electrons. The lowest BCUT2D eigenvalue weighted by Gasteiger charge is -2.34. The summed E-state index contributed by atoms with van der Waals surface area (Å²) in [6.07, 6.45) is -2.69. The van der Waals surface area contributed by atoms with E-state index in [0.29, 0.717) is 6.61 Å². The Balaban J connectivity index is 2.17. The fraction of sp³-hybridized carbons (Fsp3) is 0.138. The van der Waals surface area contributed by atoms with E-state index < -0.39 is 18.9 Å². The summed E-state index contributed by atoms with van der Waals surface area (Å²) in [6, 6.07) is 40.6. The van der Waals surface area contributed by atoms with E-state index in [1.165, 1.54) is 0 Å². The van der Waals surface area contributed by atoms with Crippen molar-refractivity contribution in [2.45, 2.75) is 19.5 Å².